The number of hydrogen-bond donors (Lipinski definition) is 6. The van der Waals surface area contributed by atoms with Crippen molar-refractivity contribution in [1.82, 2.24) is 42.1 Å². The molecule has 15 heteroatoms. The van der Waals surface area contributed by atoms with E-state index in [9.17, 15) is 10.1 Å². The van der Waals surface area contributed by atoms with Gasteiger partial charge in [-0.1, -0.05) is 13.8 Å². The number of likely N-dealkylation sites (tertiary alicyclic amines) is 1. The molecule has 352 valence electrons. The third-order valence-corrected chi connectivity index (χ3v) is 20.5. The summed E-state index contributed by atoms with van der Waals surface area (Å²) >= 11 is 8.65. The highest BCUT2D eigenvalue weighted by Crippen LogP contribution is 2.53. The van der Waals surface area contributed by atoms with E-state index in [1.54, 1.807) is 5.71 Å². The van der Waals surface area contributed by atoms with Crippen LogP contribution in [-0.2, 0) is 14.3 Å². The van der Waals surface area contributed by atoms with Crippen LogP contribution in [0.25, 0.3) is 0 Å². The standard InChI is InChI=1S/C48H79ClN10O3S/c1-28-29(2)63-47-43(28)44(53-40(25-42-51-21-23-61-42)45-57-54-30(3)59(45)47)33-6-4-31(5-7-33)32-16-18-48(19-17-32)20-22-58(27-48)41-15-14-39(55-56-41)46(60)52-35-9-12-36(13-10-35)62-37-11-8-34(26-50)38(49)24-37/h28-43,45,47,51,54-57H,4-25,27H2,1-3H3,(H,52,60)/t28?,29?,30?,31?,32?,33?,34?,35?,36?,37?,38?,39?,40-,41?,42?,43?,45?,47?,48?/m0/s1. The van der Waals surface area contributed by atoms with Gasteiger partial charge in [-0.05, 0) is 152 Å². The summed E-state index contributed by atoms with van der Waals surface area (Å²) in [5.41, 5.74) is 16.3. The summed E-state index contributed by atoms with van der Waals surface area (Å²) < 4.78 is 12.5. The first kappa shape index (κ1) is 45.7. The van der Waals surface area contributed by atoms with Gasteiger partial charge >= 0.3 is 0 Å². The maximum atomic E-state index is 13.4. The average Bonchev–Trinajstić information content (AvgIpc) is 4.10. The highest BCUT2D eigenvalue weighted by molar-refractivity contribution is 8.00. The van der Waals surface area contributed by atoms with E-state index in [-0.39, 0.29) is 66.1 Å². The first-order valence-electron chi connectivity index (χ1n) is 25.7. The summed E-state index contributed by atoms with van der Waals surface area (Å²) in [5.74, 6) is 3.57. The van der Waals surface area contributed by atoms with Crippen LogP contribution in [0.1, 0.15) is 143 Å². The van der Waals surface area contributed by atoms with Gasteiger partial charge < -0.3 is 14.8 Å². The predicted molar refractivity (Wildman–Crippen MR) is 249 cm³/mol. The van der Waals surface area contributed by atoms with Gasteiger partial charge in [0.2, 0.25) is 5.91 Å². The Hall–Kier alpha value is -1.09. The molecule has 0 aromatic heterocycles. The fourth-order valence-corrected chi connectivity index (χ4v) is 16.6. The molecule has 1 amide bonds. The molecule has 4 saturated carbocycles. The summed E-state index contributed by atoms with van der Waals surface area (Å²) in [6.45, 7) is 11.4. The molecular formula is C48H79ClN10O3S. The lowest BCUT2D eigenvalue weighted by atomic mass is 9.63. The molecule has 12 unspecified atom stereocenters. The van der Waals surface area contributed by atoms with Crippen LogP contribution in [0.4, 0.5) is 0 Å². The lowest BCUT2D eigenvalue weighted by Gasteiger charge is -2.43. The molecule has 9 fully saturated rings. The Morgan fingerprint density at radius 1 is 0.937 bits per heavy atom. The average molecular weight is 912 g/mol. The lowest BCUT2D eigenvalue weighted by Crippen LogP contribution is -2.62. The smallest absolute Gasteiger partial charge is 0.238 e. The number of hydrogen-bond acceptors (Lipinski definition) is 13. The van der Waals surface area contributed by atoms with Gasteiger partial charge in [-0.15, -0.1) is 23.4 Å². The van der Waals surface area contributed by atoms with Crippen LogP contribution in [0, 0.1) is 52.3 Å². The van der Waals surface area contributed by atoms with E-state index in [2.05, 4.69) is 80.7 Å². The van der Waals surface area contributed by atoms with Crippen LogP contribution in [0.3, 0.4) is 0 Å². The topological polar surface area (TPSA) is 150 Å². The van der Waals surface area contributed by atoms with Gasteiger partial charge in [-0.3, -0.25) is 24.9 Å². The molecule has 6 aliphatic heterocycles. The molecular weight excluding hydrogens is 832 g/mol. The monoisotopic (exact) mass is 911 g/mol. The summed E-state index contributed by atoms with van der Waals surface area (Å²) in [6.07, 6.45) is 22.6. The summed E-state index contributed by atoms with van der Waals surface area (Å²) in [6, 6.07) is 2.55. The second kappa shape index (κ2) is 19.9. The Labute approximate surface area is 387 Å². The zero-order valence-electron chi connectivity index (χ0n) is 38.5. The maximum Gasteiger partial charge on any atom is 0.238 e. The maximum absolute atomic E-state index is 13.4. The SMILES string of the molecule is CC1SC2C(C(C3CCC(C4CCC5(CC4)CCN(C4CCC(C(=O)NC6CCC(OC7CCC(C#N)C(Cl)C7)CC6)NN4)C5)CC3)=N[C@@H](CC3NCCO3)C3NNC(C)N23)C1C. The van der Waals surface area contributed by atoms with E-state index >= 15 is 0 Å². The van der Waals surface area contributed by atoms with Crippen molar-refractivity contribution in [2.24, 2.45) is 45.9 Å². The minimum absolute atomic E-state index is 0.0512. The third kappa shape index (κ3) is 9.79. The zero-order chi connectivity index (χ0) is 43.2. The molecule has 0 radical (unpaired) electrons. The van der Waals surface area contributed by atoms with Crippen molar-refractivity contribution in [2.75, 3.05) is 26.2 Å². The first-order chi connectivity index (χ1) is 30.6. The van der Waals surface area contributed by atoms with E-state index in [1.165, 1.54) is 64.3 Å². The number of nitriles is 1. The molecule has 13 nitrogen and oxygen atoms in total. The number of thioether (sulfide) groups is 1. The molecule has 5 saturated heterocycles. The number of hydrazine groups is 2. The molecule has 13 atom stereocenters. The van der Waals surface area contributed by atoms with Crippen LogP contribution >= 0.6 is 23.4 Å². The zero-order valence-corrected chi connectivity index (χ0v) is 40.0. The van der Waals surface area contributed by atoms with Crippen LogP contribution in [0.15, 0.2) is 4.99 Å². The van der Waals surface area contributed by atoms with E-state index in [1.807, 2.05) is 0 Å². The predicted octanol–water partition coefficient (Wildman–Crippen LogP) is 5.96. The summed E-state index contributed by atoms with van der Waals surface area (Å²) in [4.78, 5) is 24.7. The molecule has 6 heterocycles. The summed E-state index contributed by atoms with van der Waals surface area (Å²) in [7, 11) is 0. The highest BCUT2D eigenvalue weighted by Gasteiger charge is 2.55. The van der Waals surface area contributed by atoms with Crippen molar-refractivity contribution < 1.29 is 14.3 Å². The minimum atomic E-state index is -0.186. The first-order valence-corrected chi connectivity index (χ1v) is 27.1. The van der Waals surface area contributed by atoms with Crippen molar-refractivity contribution in [1.29, 1.82) is 5.26 Å². The number of rotatable bonds is 9. The number of halogens is 1. The largest absolute Gasteiger partial charge is 0.375 e. The molecule has 10 aliphatic rings. The van der Waals surface area contributed by atoms with Crippen molar-refractivity contribution in [3.8, 4) is 6.07 Å². The summed E-state index contributed by atoms with van der Waals surface area (Å²) in [5, 5.41) is 17.2. The van der Waals surface area contributed by atoms with Crippen molar-refractivity contribution in [2.45, 2.75) is 214 Å². The molecule has 6 N–H and O–H groups in total. The number of amides is 1. The van der Waals surface area contributed by atoms with Gasteiger partial charge in [0.15, 0.2) is 0 Å². The van der Waals surface area contributed by atoms with E-state index in [4.69, 9.17) is 26.1 Å². The normalized spacial score (nSPS) is 48.6. The van der Waals surface area contributed by atoms with Gasteiger partial charge in [0.05, 0.1) is 66.1 Å². The second-order valence-electron chi connectivity index (χ2n) is 22.1. The highest BCUT2D eigenvalue weighted by atomic mass is 35.5. The van der Waals surface area contributed by atoms with Crippen molar-refractivity contribution in [3.63, 3.8) is 0 Å². The molecule has 10 rings (SSSR count). The lowest BCUT2D eigenvalue weighted by molar-refractivity contribution is -0.126. The van der Waals surface area contributed by atoms with Crippen LogP contribution in [-0.4, -0.2) is 119 Å². The number of aliphatic imine (C=N–C) groups is 1. The minimum Gasteiger partial charge on any atom is -0.375 e. The van der Waals surface area contributed by atoms with Crippen LogP contribution in [0.5, 0.6) is 0 Å². The van der Waals surface area contributed by atoms with E-state index in [0.29, 0.717) is 40.0 Å². The number of nitrogens with one attached hydrogen (secondary N) is 6. The Morgan fingerprint density at radius 2 is 1.71 bits per heavy atom. The molecule has 0 bridgehead atoms. The van der Waals surface area contributed by atoms with Gasteiger partial charge in [0.25, 0.3) is 0 Å². The van der Waals surface area contributed by atoms with Gasteiger partial charge in [0, 0.05) is 49.0 Å². The Bertz CT molecular complexity index is 1640. The Morgan fingerprint density at radius 3 is 2.43 bits per heavy atom. The number of fused-ring (bicyclic) bond motifs is 3. The molecule has 0 aromatic rings. The van der Waals surface area contributed by atoms with Gasteiger partial charge in [-0.25, -0.2) is 21.7 Å². The number of carbonyl (C=O) groups excluding carboxylic acids is 1. The number of ether oxygens (including phenoxy) is 2. The third-order valence-electron chi connectivity index (χ3n) is 18.4. The van der Waals surface area contributed by atoms with E-state index < -0.39 is 0 Å². The van der Waals surface area contributed by atoms with Crippen LogP contribution in [0.2, 0.25) is 0 Å². The molecule has 4 aliphatic carbocycles. The quantitative estimate of drug-likeness (QED) is 0.152. The second-order valence-corrected chi connectivity index (χ2v) is 24.1. The van der Waals surface area contributed by atoms with Gasteiger partial charge in [-0.2, -0.15) is 5.26 Å². The fourth-order valence-electron chi connectivity index (χ4n) is 14.3. The number of carbonyl (C=O) groups is 1. The Balaban J connectivity index is 0.662. The van der Waals surface area contributed by atoms with Crippen molar-refractivity contribution in [3.05, 3.63) is 0 Å². The van der Waals surface area contributed by atoms with Crippen molar-refractivity contribution >= 4 is 35.0 Å². The molecule has 63 heavy (non-hydrogen) atoms. The molecule has 1 spiro atoms. The van der Waals surface area contributed by atoms with E-state index in [0.717, 1.165) is 95.7 Å². The fraction of sp³-hybridized carbons (Fsp3) is 0.938. The number of alkyl halides is 1. The van der Waals surface area contributed by atoms with Crippen LogP contribution < -0.4 is 32.3 Å². The van der Waals surface area contributed by atoms with Gasteiger partial charge in [0.1, 0.15) is 12.3 Å². The molecule has 0 aromatic carbocycles. The number of nitrogens with zero attached hydrogens (tertiary/aromatic N) is 4. The Kier molecular flexibility index (Phi) is 14.4.